The van der Waals surface area contributed by atoms with Gasteiger partial charge in [-0.25, -0.2) is 9.48 Å². The first kappa shape index (κ1) is 21.5. The average molecular weight is 424 g/mol. The van der Waals surface area contributed by atoms with E-state index in [4.69, 9.17) is 9.47 Å². The molecule has 1 N–H and O–H groups in total. The standard InChI is InChI=1S/C21H20N4O6/c1-3-30-21(27)20-18(12-24(23-20)16-7-5-4-6-8-16)31-13-19(26)22-15-10-9-14(2)17(11-15)25(28)29/h4-12H,3,13H2,1-2H3,(H,22,26). The van der Waals surface area contributed by atoms with Crippen LogP contribution < -0.4 is 10.1 Å². The van der Waals surface area contributed by atoms with Gasteiger partial charge in [-0.15, -0.1) is 0 Å². The number of anilines is 1. The predicted octanol–water partition coefficient (Wildman–Crippen LogP) is 3.28. The van der Waals surface area contributed by atoms with Gasteiger partial charge < -0.3 is 14.8 Å². The molecule has 3 rings (SSSR count). The molecule has 0 fully saturated rings. The summed E-state index contributed by atoms with van der Waals surface area (Å²) in [7, 11) is 0. The van der Waals surface area contributed by atoms with Gasteiger partial charge in [0.25, 0.3) is 11.6 Å². The fourth-order valence-corrected chi connectivity index (χ4v) is 2.74. The number of esters is 1. The maximum Gasteiger partial charge on any atom is 0.362 e. The number of aromatic nitrogens is 2. The molecule has 2 aromatic carbocycles. The second kappa shape index (κ2) is 9.53. The largest absolute Gasteiger partial charge is 0.480 e. The van der Waals surface area contributed by atoms with Gasteiger partial charge in [0, 0.05) is 17.3 Å². The lowest BCUT2D eigenvalue weighted by atomic mass is 10.2. The summed E-state index contributed by atoms with van der Waals surface area (Å²) in [6.07, 6.45) is 1.48. The Kier molecular flexibility index (Phi) is 6.61. The van der Waals surface area contributed by atoms with Crippen molar-refractivity contribution in [3.05, 3.63) is 76.1 Å². The molecule has 10 nitrogen and oxygen atoms in total. The number of amides is 1. The number of benzene rings is 2. The van der Waals surface area contributed by atoms with Crippen LogP contribution in [-0.4, -0.2) is 39.8 Å². The summed E-state index contributed by atoms with van der Waals surface area (Å²) in [5.74, 6) is -1.16. The highest BCUT2D eigenvalue weighted by molar-refractivity contribution is 5.93. The van der Waals surface area contributed by atoms with Crippen molar-refractivity contribution in [3.8, 4) is 11.4 Å². The molecule has 0 unspecified atom stereocenters. The Hall–Kier alpha value is -4.21. The van der Waals surface area contributed by atoms with Gasteiger partial charge in [-0.05, 0) is 32.0 Å². The zero-order chi connectivity index (χ0) is 22.4. The lowest BCUT2D eigenvalue weighted by molar-refractivity contribution is -0.385. The summed E-state index contributed by atoms with van der Waals surface area (Å²) in [6.45, 7) is 2.99. The topological polar surface area (TPSA) is 126 Å². The van der Waals surface area contributed by atoms with E-state index in [0.29, 0.717) is 11.3 Å². The van der Waals surface area contributed by atoms with E-state index in [1.54, 1.807) is 32.0 Å². The second-order valence-electron chi connectivity index (χ2n) is 6.44. The van der Waals surface area contributed by atoms with Crippen LogP contribution in [0.5, 0.6) is 5.75 Å². The number of rotatable bonds is 8. The molecule has 1 amide bonds. The van der Waals surface area contributed by atoms with Gasteiger partial charge in [0.05, 0.1) is 23.4 Å². The molecule has 1 aromatic heterocycles. The molecule has 0 aliphatic heterocycles. The fourth-order valence-electron chi connectivity index (χ4n) is 2.74. The van der Waals surface area contributed by atoms with E-state index in [1.807, 2.05) is 18.2 Å². The number of nitro groups is 1. The van der Waals surface area contributed by atoms with Crippen LogP contribution in [0.2, 0.25) is 0 Å². The van der Waals surface area contributed by atoms with Crippen molar-refractivity contribution in [1.29, 1.82) is 0 Å². The lowest BCUT2D eigenvalue weighted by Gasteiger charge is -2.08. The summed E-state index contributed by atoms with van der Waals surface area (Å²) >= 11 is 0. The molecule has 0 aliphatic carbocycles. The quantitative estimate of drug-likeness (QED) is 0.334. The maximum atomic E-state index is 12.3. The lowest BCUT2D eigenvalue weighted by Crippen LogP contribution is -2.21. The molecule has 31 heavy (non-hydrogen) atoms. The Balaban J connectivity index is 1.75. The minimum atomic E-state index is -0.679. The molecule has 0 bridgehead atoms. The van der Waals surface area contributed by atoms with Gasteiger partial charge in [-0.2, -0.15) is 5.10 Å². The normalized spacial score (nSPS) is 10.4. The molecule has 0 radical (unpaired) electrons. The van der Waals surface area contributed by atoms with E-state index < -0.39 is 23.4 Å². The number of hydrogen-bond donors (Lipinski definition) is 1. The average Bonchev–Trinajstić information content (AvgIpc) is 3.19. The summed E-state index contributed by atoms with van der Waals surface area (Å²) in [4.78, 5) is 35.1. The van der Waals surface area contributed by atoms with E-state index >= 15 is 0 Å². The smallest absolute Gasteiger partial charge is 0.362 e. The molecule has 0 saturated carbocycles. The number of carbonyl (C=O) groups is 2. The SMILES string of the molecule is CCOC(=O)c1nn(-c2ccccc2)cc1OCC(=O)Nc1ccc(C)c([N+](=O)[O-])c1. The number of ether oxygens (including phenoxy) is 2. The molecule has 3 aromatic rings. The van der Waals surface area contributed by atoms with E-state index in [0.717, 1.165) is 0 Å². The van der Waals surface area contributed by atoms with Crippen LogP contribution in [0.25, 0.3) is 5.69 Å². The van der Waals surface area contributed by atoms with Crippen molar-refractivity contribution in [1.82, 2.24) is 9.78 Å². The van der Waals surface area contributed by atoms with E-state index in [2.05, 4.69) is 10.4 Å². The number of nitro benzene ring substituents is 1. The molecule has 10 heteroatoms. The van der Waals surface area contributed by atoms with E-state index in [9.17, 15) is 19.7 Å². The Morgan fingerprint density at radius 2 is 1.94 bits per heavy atom. The number of nitrogens with zero attached hydrogens (tertiary/aromatic N) is 3. The van der Waals surface area contributed by atoms with Crippen molar-refractivity contribution in [2.75, 3.05) is 18.5 Å². The van der Waals surface area contributed by atoms with Crippen LogP contribution in [0.4, 0.5) is 11.4 Å². The van der Waals surface area contributed by atoms with Crippen molar-refractivity contribution >= 4 is 23.3 Å². The van der Waals surface area contributed by atoms with Gasteiger partial charge in [0.2, 0.25) is 5.69 Å². The number of hydrogen-bond acceptors (Lipinski definition) is 7. The third kappa shape index (κ3) is 5.24. The number of nitrogens with one attached hydrogen (secondary N) is 1. The Morgan fingerprint density at radius 3 is 2.61 bits per heavy atom. The Labute approximate surface area is 177 Å². The molecule has 0 saturated heterocycles. The number of carbonyl (C=O) groups excluding carboxylic acids is 2. The monoisotopic (exact) mass is 424 g/mol. The summed E-state index contributed by atoms with van der Waals surface area (Å²) < 4.78 is 12.0. The van der Waals surface area contributed by atoms with Crippen molar-refractivity contribution in [2.24, 2.45) is 0 Å². The van der Waals surface area contributed by atoms with Gasteiger partial charge in [-0.1, -0.05) is 24.3 Å². The maximum absolute atomic E-state index is 12.3. The van der Waals surface area contributed by atoms with Gasteiger partial charge in [0.15, 0.2) is 12.4 Å². The van der Waals surface area contributed by atoms with Crippen molar-refractivity contribution < 1.29 is 24.0 Å². The molecule has 0 aliphatic rings. The van der Waals surface area contributed by atoms with Crippen LogP contribution in [0.1, 0.15) is 23.0 Å². The highest BCUT2D eigenvalue weighted by atomic mass is 16.6. The molecular weight excluding hydrogens is 404 g/mol. The highest BCUT2D eigenvalue weighted by Crippen LogP contribution is 2.23. The van der Waals surface area contributed by atoms with Crippen molar-refractivity contribution in [3.63, 3.8) is 0 Å². The zero-order valence-corrected chi connectivity index (χ0v) is 16.9. The first-order valence-electron chi connectivity index (χ1n) is 9.39. The predicted molar refractivity (Wildman–Crippen MR) is 111 cm³/mol. The fraction of sp³-hybridized carbons (Fsp3) is 0.190. The van der Waals surface area contributed by atoms with Crippen LogP contribution >= 0.6 is 0 Å². The van der Waals surface area contributed by atoms with Crippen molar-refractivity contribution in [2.45, 2.75) is 13.8 Å². The van der Waals surface area contributed by atoms with Crippen LogP contribution in [-0.2, 0) is 9.53 Å². The third-order valence-corrected chi connectivity index (χ3v) is 4.22. The Morgan fingerprint density at radius 1 is 1.19 bits per heavy atom. The molecule has 0 spiro atoms. The minimum Gasteiger partial charge on any atom is -0.480 e. The highest BCUT2D eigenvalue weighted by Gasteiger charge is 2.21. The van der Waals surface area contributed by atoms with Crippen LogP contribution in [0.3, 0.4) is 0 Å². The molecule has 0 atom stereocenters. The molecule has 1 heterocycles. The molecule has 160 valence electrons. The first-order valence-corrected chi connectivity index (χ1v) is 9.39. The zero-order valence-electron chi connectivity index (χ0n) is 16.9. The third-order valence-electron chi connectivity index (χ3n) is 4.22. The van der Waals surface area contributed by atoms with E-state index in [1.165, 1.54) is 23.0 Å². The summed E-state index contributed by atoms with van der Waals surface area (Å²) in [6, 6.07) is 13.4. The van der Waals surface area contributed by atoms with Gasteiger partial charge >= 0.3 is 5.97 Å². The number of para-hydroxylation sites is 1. The van der Waals surface area contributed by atoms with Gasteiger partial charge in [-0.3, -0.25) is 14.9 Å². The summed E-state index contributed by atoms with van der Waals surface area (Å²) in [5, 5.41) is 17.8. The molecular formula is C21H20N4O6. The number of aryl methyl sites for hydroxylation is 1. The Bertz CT molecular complexity index is 1110. The van der Waals surface area contributed by atoms with Gasteiger partial charge in [0.1, 0.15) is 0 Å². The van der Waals surface area contributed by atoms with Crippen LogP contribution in [0.15, 0.2) is 54.7 Å². The minimum absolute atomic E-state index is 0.0653. The second-order valence-corrected chi connectivity index (χ2v) is 6.44. The first-order chi connectivity index (χ1) is 14.9. The summed E-state index contributed by atoms with van der Waals surface area (Å²) in [5.41, 5.74) is 1.26. The van der Waals surface area contributed by atoms with E-state index in [-0.39, 0.29) is 29.4 Å². The van der Waals surface area contributed by atoms with Crippen LogP contribution in [0, 0.1) is 17.0 Å².